The van der Waals surface area contributed by atoms with Crippen LogP contribution in [0, 0.1) is 11.8 Å². The number of amides is 1. The summed E-state index contributed by atoms with van der Waals surface area (Å²) in [6.07, 6.45) is 5.30. The Bertz CT molecular complexity index is 865. The quantitative estimate of drug-likeness (QED) is 0.493. The fourth-order valence-electron chi connectivity index (χ4n) is 3.92. The Morgan fingerprint density at radius 2 is 2.07 bits per heavy atom. The number of allylic oxidation sites excluding steroid dienone is 1. The maximum Gasteiger partial charge on any atom is 0.233 e. The molecule has 4 atom stereocenters. The lowest BCUT2D eigenvalue weighted by Gasteiger charge is -2.35. The Morgan fingerprint density at radius 1 is 1.33 bits per heavy atom. The van der Waals surface area contributed by atoms with Gasteiger partial charge in [-0.2, -0.15) is 0 Å². The molecule has 1 N–H and O–H groups in total. The molecule has 1 saturated carbocycles. The van der Waals surface area contributed by atoms with E-state index in [1.165, 1.54) is 24.6 Å². The molecular formula is C23H32N4O2S. The van der Waals surface area contributed by atoms with Crippen LogP contribution in [0.25, 0.3) is 11.4 Å². The average molecular weight is 429 g/mol. The van der Waals surface area contributed by atoms with Crippen LogP contribution in [-0.4, -0.2) is 39.1 Å². The minimum atomic E-state index is -0.258. The first-order valence-electron chi connectivity index (χ1n) is 10.6. The zero-order chi connectivity index (χ0) is 21.7. The molecule has 0 aliphatic heterocycles. The third-order valence-electron chi connectivity index (χ3n) is 6.06. The molecule has 0 bridgehead atoms. The van der Waals surface area contributed by atoms with Gasteiger partial charge >= 0.3 is 0 Å². The Morgan fingerprint density at radius 3 is 2.73 bits per heavy atom. The van der Waals surface area contributed by atoms with Crippen LogP contribution in [0.5, 0.6) is 5.75 Å². The smallest absolute Gasteiger partial charge is 0.233 e. The first-order valence-corrected chi connectivity index (χ1v) is 11.5. The van der Waals surface area contributed by atoms with Crippen LogP contribution in [0.2, 0.25) is 0 Å². The maximum atomic E-state index is 12.9. The van der Waals surface area contributed by atoms with E-state index in [-0.39, 0.29) is 17.2 Å². The number of rotatable bonds is 8. The van der Waals surface area contributed by atoms with Crippen LogP contribution in [0.1, 0.15) is 40.0 Å². The van der Waals surface area contributed by atoms with E-state index < -0.39 is 0 Å². The minimum absolute atomic E-state index is 0.0603. The average Bonchev–Trinajstić information content (AvgIpc) is 3.14. The number of hydrogen-bond acceptors (Lipinski definition) is 5. The van der Waals surface area contributed by atoms with Gasteiger partial charge in [-0.15, -0.1) is 16.8 Å². The number of benzene rings is 1. The van der Waals surface area contributed by atoms with E-state index in [9.17, 15) is 4.79 Å². The molecule has 1 amide bonds. The minimum Gasteiger partial charge on any atom is -0.497 e. The van der Waals surface area contributed by atoms with Gasteiger partial charge in [-0.1, -0.05) is 44.5 Å². The number of carbonyl (C=O) groups excluding carboxylic acids is 1. The number of aromatic nitrogens is 3. The monoisotopic (exact) mass is 428 g/mol. The Hall–Kier alpha value is -2.28. The van der Waals surface area contributed by atoms with Crippen molar-refractivity contribution in [2.24, 2.45) is 11.8 Å². The van der Waals surface area contributed by atoms with E-state index in [1.54, 1.807) is 7.11 Å². The zero-order valence-electron chi connectivity index (χ0n) is 18.3. The maximum absolute atomic E-state index is 12.9. The highest BCUT2D eigenvalue weighted by Crippen LogP contribution is 2.31. The highest BCUT2D eigenvalue weighted by molar-refractivity contribution is 8.00. The summed E-state index contributed by atoms with van der Waals surface area (Å²) in [5, 5.41) is 12.5. The molecule has 0 saturated heterocycles. The standard InChI is InChI=1S/C23H32N4O2S/c1-6-14-27-21(18-10-12-19(29-5)13-11-18)25-26-23(27)30-17(4)22(28)24-20-9-7-8-15(2)16(20)3/h6,10-13,15-17,20H,1,7-9,14H2,2-5H3,(H,24,28)/t15-,16-,17-,20+/m1/s1. The largest absolute Gasteiger partial charge is 0.497 e. The lowest BCUT2D eigenvalue weighted by Crippen LogP contribution is -2.46. The molecule has 1 aliphatic rings. The highest BCUT2D eigenvalue weighted by Gasteiger charge is 2.30. The third-order valence-corrected chi connectivity index (χ3v) is 7.14. The lowest BCUT2D eigenvalue weighted by atomic mass is 9.78. The van der Waals surface area contributed by atoms with Gasteiger partial charge in [-0.05, 0) is 49.4 Å². The molecular weight excluding hydrogens is 396 g/mol. The van der Waals surface area contributed by atoms with Gasteiger partial charge in [0.2, 0.25) is 5.91 Å². The van der Waals surface area contributed by atoms with Crippen LogP contribution < -0.4 is 10.1 Å². The summed E-state index contributed by atoms with van der Waals surface area (Å²) in [7, 11) is 1.64. The van der Waals surface area contributed by atoms with Crippen LogP contribution in [0.15, 0.2) is 42.1 Å². The van der Waals surface area contributed by atoms with Crippen molar-refractivity contribution in [1.82, 2.24) is 20.1 Å². The number of hydrogen-bond donors (Lipinski definition) is 1. The summed E-state index contributed by atoms with van der Waals surface area (Å²) < 4.78 is 7.23. The van der Waals surface area contributed by atoms with Gasteiger partial charge in [-0.25, -0.2) is 0 Å². The van der Waals surface area contributed by atoms with Gasteiger partial charge in [0.05, 0.1) is 12.4 Å². The summed E-state index contributed by atoms with van der Waals surface area (Å²) in [5.41, 5.74) is 0.944. The molecule has 1 aliphatic carbocycles. The summed E-state index contributed by atoms with van der Waals surface area (Å²) in [4.78, 5) is 12.9. The van der Waals surface area contributed by atoms with Gasteiger partial charge in [0.1, 0.15) is 5.75 Å². The molecule has 6 nitrogen and oxygen atoms in total. The molecule has 0 spiro atoms. The van der Waals surface area contributed by atoms with Crippen LogP contribution in [-0.2, 0) is 11.3 Å². The summed E-state index contributed by atoms with van der Waals surface area (Å²) in [6, 6.07) is 7.97. The molecule has 0 unspecified atom stereocenters. The van der Waals surface area contributed by atoms with Crippen molar-refractivity contribution in [3.05, 3.63) is 36.9 Å². The second kappa shape index (κ2) is 10.2. The van der Waals surface area contributed by atoms with Crippen molar-refractivity contribution in [3.63, 3.8) is 0 Å². The Kier molecular flexibility index (Phi) is 7.58. The number of carbonyl (C=O) groups is 1. The molecule has 1 fully saturated rings. The molecule has 162 valence electrons. The van der Waals surface area contributed by atoms with E-state index in [0.717, 1.165) is 23.6 Å². The van der Waals surface area contributed by atoms with Crippen molar-refractivity contribution < 1.29 is 9.53 Å². The number of thioether (sulfide) groups is 1. The molecule has 30 heavy (non-hydrogen) atoms. The lowest BCUT2D eigenvalue weighted by molar-refractivity contribution is -0.121. The van der Waals surface area contributed by atoms with Gasteiger partial charge in [0.15, 0.2) is 11.0 Å². The molecule has 7 heteroatoms. The van der Waals surface area contributed by atoms with E-state index in [2.05, 4.69) is 35.9 Å². The fraction of sp³-hybridized carbons (Fsp3) is 0.522. The van der Waals surface area contributed by atoms with Gasteiger partial charge < -0.3 is 10.1 Å². The number of ether oxygens (including phenoxy) is 1. The second-order valence-corrected chi connectivity index (χ2v) is 9.38. The third kappa shape index (κ3) is 5.06. The van der Waals surface area contributed by atoms with Crippen molar-refractivity contribution in [1.29, 1.82) is 0 Å². The molecule has 1 heterocycles. The van der Waals surface area contributed by atoms with Gasteiger partial charge in [0, 0.05) is 18.2 Å². The number of nitrogens with zero attached hydrogens (tertiary/aromatic N) is 3. The Labute approximate surface area is 183 Å². The van der Waals surface area contributed by atoms with E-state index in [4.69, 9.17) is 4.74 Å². The number of methoxy groups -OCH3 is 1. The molecule has 1 aromatic carbocycles. The number of nitrogens with one attached hydrogen (secondary N) is 1. The van der Waals surface area contributed by atoms with Gasteiger partial charge in [0.25, 0.3) is 0 Å². The van der Waals surface area contributed by atoms with Crippen molar-refractivity contribution in [2.45, 2.75) is 63.0 Å². The zero-order valence-corrected chi connectivity index (χ0v) is 19.1. The normalized spacial score (nSPS) is 22.3. The molecule has 3 rings (SSSR count). The summed E-state index contributed by atoms with van der Waals surface area (Å²) >= 11 is 1.44. The molecule has 0 radical (unpaired) electrons. The van der Waals surface area contributed by atoms with Crippen molar-refractivity contribution in [3.8, 4) is 17.1 Å². The summed E-state index contributed by atoms with van der Waals surface area (Å²) in [5.74, 6) is 2.76. The molecule has 2 aromatic rings. The van der Waals surface area contributed by atoms with Crippen LogP contribution in [0.4, 0.5) is 0 Å². The van der Waals surface area contributed by atoms with Crippen LogP contribution >= 0.6 is 11.8 Å². The van der Waals surface area contributed by atoms with E-state index >= 15 is 0 Å². The van der Waals surface area contributed by atoms with E-state index in [0.29, 0.717) is 23.5 Å². The van der Waals surface area contributed by atoms with Crippen molar-refractivity contribution >= 4 is 17.7 Å². The Balaban J connectivity index is 1.72. The first-order chi connectivity index (χ1) is 14.4. The van der Waals surface area contributed by atoms with Crippen molar-refractivity contribution in [2.75, 3.05) is 7.11 Å². The second-order valence-electron chi connectivity index (χ2n) is 8.08. The predicted molar refractivity (Wildman–Crippen MR) is 122 cm³/mol. The van der Waals surface area contributed by atoms with Gasteiger partial charge in [-0.3, -0.25) is 9.36 Å². The fourth-order valence-corrected chi connectivity index (χ4v) is 4.79. The van der Waals surface area contributed by atoms with E-state index in [1.807, 2.05) is 41.8 Å². The SMILES string of the molecule is C=CCn1c(S[C@H](C)C(=O)N[C@H]2CCC[C@@H](C)[C@H]2C)nnc1-c1ccc(OC)cc1. The molecule has 1 aromatic heterocycles. The first kappa shape index (κ1) is 22.4. The topological polar surface area (TPSA) is 69.0 Å². The predicted octanol–water partition coefficient (Wildman–Crippen LogP) is 4.56. The summed E-state index contributed by atoms with van der Waals surface area (Å²) in [6.45, 7) is 10.9. The van der Waals surface area contributed by atoms with Crippen LogP contribution in [0.3, 0.4) is 0 Å². The highest BCUT2D eigenvalue weighted by atomic mass is 32.2.